The lowest BCUT2D eigenvalue weighted by Gasteiger charge is -2.39. The van der Waals surface area contributed by atoms with Crippen molar-refractivity contribution in [2.24, 2.45) is 5.73 Å². The Morgan fingerprint density at radius 3 is 2.94 bits per heavy atom. The van der Waals surface area contributed by atoms with E-state index in [9.17, 15) is 0 Å². The summed E-state index contributed by atoms with van der Waals surface area (Å²) in [4.78, 5) is 6.25. The Morgan fingerprint density at radius 2 is 2.39 bits per heavy atom. The van der Waals surface area contributed by atoms with E-state index in [1.807, 2.05) is 0 Å². The lowest BCUT2D eigenvalue weighted by atomic mass is 10.0. The number of nitrogens with two attached hydrogens (primary N) is 1. The maximum Gasteiger partial charge on any atom is 0.0702 e. The number of rotatable bonds is 4. The van der Waals surface area contributed by atoms with E-state index in [0.29, 0.717) is 18.6 Å². The van der Waals surface area contributed by atoms with Crippen LogP contribution in [0.1, 0.15) is 23.8 Å². The van der Waals surface area contributed by atoms with Crippen molar-refractivity contribution >= 4 is 27.3 Å². The van der Waals surface area contributed by atoms with Crippen molar-refractivity contribution in [3.8, 4) is 0 Å². The topological polar surface area (TPSA) is 32.5 Å². The molecule has 0 bridgehead atoms. The van der Waals surface area contributed by atoms with Gasteiger partial charge in [-0.3, -0.25) is 4.90 Å². The lowest BCUT2D eigenvalue weighted by molar-refractivity contribution is 0.102. The van der Waals surface area contributed by atoms with Gasteiger partial charge in [-0.1, -0.05) is 0 Å². The number of halogens is 1. The van der Waals surface area contributed by atoms with E-state index in [2.05, 4.69) is 52.0 Å². The van der Waals surface area contributed by atoms with Crippen LogP contribution < -0.4 is 5.73 Å². The van der Waals surface area contributed by atoms with E-state index in [0.717, 1.165) is 6.54 Å². The van der Waals surface area contributed by atoms with Crippen LogP contribution in [0.15, 0.2) is 15.9 Å². The highest BCUT2D eigenvalue weighted by molar-refractivity contribution is 9.11. The summed E-state index contributed by atoms with van der Waals surface area (Å²) in [6.07, 6.45) is 2.57. The van der Waals surface area contributed by atoms with Crippen LogP contribution in [0.25, 0.3) is 0 Å². The van der Waals surface area contributed by atoms with Crippen LogP contribution in [0.5, 0.6) is 0 Å². The van der Waals surface area contributed by atoms with Gasteiger partial charge in [-0.15, -0.1) is 11.3 Å². The van der Waals surface area contributed by atoms with Crippen LogP contribution in [0.4, 0.5) is 0 Å². The van der Waals surface area contributed by atoms with Gasteiger partial charge in [0.1, 0.15) is 0 Å². The molecule has 1 saturated heterocycles. The summed E-state index contributed by atoms with van der Waals surface area (Å²) >= 11 is 5.33. The number of nitrogens with zero attached hydrogens (tertiary/aromatic N) is 2. The standard InChI is InChI=1S/C13H22BrN3S/c1-16-7-3-4-10(9-16)17(2)11(8-15)12-5-6-13(14)18-12/h5-6,10-11H,3-4,7-9,15H2,1-2H3. The Labute approximate surface area is 122 Å². The summed E-state index contributed by atoms with van der Waals surface area (Å²) < 4.78 is 1.19. The molecule has 1 aromatic rings. The zero-order valence-corrected chi connectivity index (χ0v) is 13.5. The van der Waals surface area contributed by atoms with Gasteiger partial charge in [-0.2, -0.15) is 0 Å². The first-order valence-electron chi connectivity index (χ1n) is 6.47. The average Bonchev–Trinajstić information content (AvgIpc) is 2.76. The van der Waals surface area contributed by atoms with E-state index in [1.54, 1.807) is 11.3 Å². The molecule has 0 amide bonds. The van der Waals surface area contributed by atoms with Gasteiger partial charge in [-0.25, -0.2) is 0 Å². The molecule has 2 rings (SSSR count). The van der Waals surface area contributed by atoms with Crippen LogP contribution in [0, 0.1) is 0 Å². The predicted molar refractivity (Wildman–Crippen MR) is 82.1 cm³/mol. The van der Waals surface area contributed by atoms with E-state index in [1.165, 1.54) is 28.0 Å². The van der Waals surface area contributed by atoms with Gasteiger partial charge in [0.2, 0.25) is 0 Å². The van der Waals surface area contributed by atoms with E-state index in [-0.39, 0.29) is 0 Å². The molecule has 2 atom stereocenters. The smallest absolute Gasteiger partial charge is 0.0702 e. The van der Waals surface area contributed by atoms with Gasteiger partial charge in [0.05, 0.1) is 9.83 Å². The summed E-state index contributed by atoms with van der Waals surface area (Å²) in [5, 5.41) is 0. The van der Waals surface area contributed by atoms with Gasteiger partial charge in [-0.05, 0) is 61.5 Å². The van der Waals surface area contributed by atoms with Crippen molar-refractivity contribution in [1.29, 1.82) is 0 Å². The van der Waals surface area contributed by atoms with Crippen LogP contribution in [0.2, 0.25) is 0 Å². The SMILES string of the molecule is CN1CCCC(N(C)C(CN)c2ccc(Br)s2)C1. The maximum absolute atomic E-state index is 5.99. The molecule has 2 heterocycles. The number of hydrogen-bond donors (Lipinski definition) is 1. The number of thiophene rings is 1. The Bertz CT molecular complexity index is 382. The fourth-order valence-corrected chi connectivity index (χ4v) is 4.31. The highest BCUT2D eigenvalue weighted by atomic mass is 79.9. The first kappa shape index (κ1) is 14.5. The first-order chi connectivity index (χ1) is 8.61. The minimum absolute atomic E-state index is 0.345. The van der Waals surface area contributed by atoms with Crippen LogP contribution >= 0.6 is 27.3 Å². The molecular formula is C13H22BrN3S. The second-order valence-electron chi connectivity index (χ2n) is 5.12. The van der Waals surface area contributed by atoms with E-state index < -0.39 is 0 Å². The molecule has 0 radical (unpaired) electrons. The molecule has 2 unspecified atom stereocenters. The third-order valence-corrected chi connectivity index (χ3v) is 5.54. The fraction of sp³-hybridized carbons (Fsp3) is 0.692. The molecule has 5 heteroatoms. The van der Waals surface area contributed by atoms with Gasteiger partial charge in [0, 0.05) is 24.0 Å². The van der Waals surface area contributed by atoms with Crippen molar-refractivity contribution in [3.05, 3.63) is 20.8 Å². The Hall–Kier alpha value is 0.0600. The molecule has 0 saturated carbocycles. The third-order valence-electron chi connectivity index (χ3n) is 3.81. The molecule has 0 aliphatic carbocycles. The van der Waals surface area contributed by atoms with Crippen LogP contribution in [0.3, 0.4) is 0 Å². The quantitative estimate of drug-likeness (QED) is 0.920. The highest BCUT2D eigenvalue weighted by Gasteiger charge is 2.27. The lowest BCUT2D eigenvalue weighted by Crippen LogP contribution is -2.47. The Kier molecular flexibility index (Phi) is 5.21. The monoisotopic (exact) mass is 331 g/mol. The van der Waals surface area contributed by atoms with Crippen molar-refractivity contribution in [2.45, 2.75) is 24.9 Å². The molecule has 1 aliphatic rings. The fourth-order valence-electron chi connectivity index (χ4n) is 2.72. The highest BCUT2D eigenvalue weighted by Crippen LogP contribution is 2.31. The molecule has 18 heavy (non-hydrogen) atoms. The van der Waals surface area contributed by atoms with Crippen LogP contribution in [-0.2, 0) is 0 Å². The summed E-state index contributed by atoms with van der Waals surface area (Å²) in [7, 11) is 4.42. The molecule has 1 aliphatic heterocycles. The molecule has 1 aromatic heterocycles. The molecule has 2 N–H and O–H groups in total. The second-order valence-corrected chi connectivity index (χ2v) is 7.61. The van der Waals surface area contributed by atoms with E-state index >= 15 is 0 Å². The minimum atomic E-state index is 0.345. The summed E-state index contributed by atoms with van der Waals surface area (Å²) in [5.41, 5.74) is 5.99. The minimum Gasteiger partial charge on any atom is -0.329 e. The number of piperidine rings is 1. The molecular weight excluding hydrogens is 310 g/mol. The van der Waals surface area contributed by atoms with Gasteiger partial charge >= 0.3 is 0 Å². The average molecular weight is 332 g/mol. The summed E-state index contributed by atoms with van der Waals surface area (Å²) in [6.45, 7) is 3.06. The third kappa shape index (κ3) is 3.33. The Morgan fingerprint density at radius 1 is 1.61 bits per heavy atom. The van der Waals surface area contributed by atoms with E-state index in [4.69, 9.17) is 5.73 Å². The molecule has 1 fully saturated rings. The second kappa shape index (κ2) is 6.48. The van der Waals surface area contributed by atoms with Gasteiger partial charge in [0.25, 0.3) is 0 Å². The largest absolute Gasteiger partial charge is 0.329 e. The first-order valence-corrected chi connectivity index (χ1v) is 8.08. The van der Waals surface area contributed by atoms with Crippen molar-refractivity contribution < 1.29 is 0 Å². The molecule has 102 valence electrons. The van der Waals surface area contributed by atoms with Gasteiger partial charge < -0.3 is 10.6 Å². The normalized spacial score (nSPS) is 23.5. The predicted octanol–water partition coefficient (Wildman–Crippen LogP) is 2.54. The zero-order chi connectivity index (χ0) is 13.1. The van der Waals surface area contributed by atoms with Gasteiger partial charge in [0.15, 0.2) is 0 Å². The summed E-state index contributed by atoms with van der Waals surface area (Å²) in [5.74, 6) is 0. The number of likely N-dealkylation sites (tertiary alicyclic amines) is 1. The summed E-state index contributed by atoms with van der Waals surface area (Å²) in [6, 6.07) is 5.27. The molecule has 3 nitrogen and oxygen atoms in total. The van der Waals surface area contributed by atoms with Crippen molar-refractivity contribution in [3.63, 3.8) is 0 Å². The number of likely N-dealkylation sites (N-methyl/N-ethyl adjacent to an activating group) is 2. The molecule has 0 aromatic carbocycles. The zero-order valence-electron chi connectivity index (χ0n) is 11.1. The molecule has 0 spiro atoms. The van der Waals surface area contributed by atoms with Crippen molar-refractivity contribution in [1.82, 2.24) is 9.80 Å². The van der Waals surface area contributed by atoms with Crippen molar-refractivity contribution in [2.75, 3.05) is 33.7 Å². The van der Waals surface area contributed by atoms with Crippen LogP contribution in [-0.4, -0.2) is 49.6 Å². The maximum atomic E-state index is 5.99. The Balaban J connectivity index is 2.07. The number of hydrogen-bond acceptors (Lipinski definition) is 4.